The quantitative estimate of drug-likeness (QED) is 0.575. The minimum Gasteiger partial charge on any atom is -0.480 e. The van der Waals surface area contributed by atoms with Crippen LogP contribution in [0.5, 0.6) is 5.75 Å². The molecule has 160 valence electrons. The van der Waals surface area contributed by atoms with E-state index in [-0.39, 0.29) is 16.8 Å². The zero-order valence-corrected chi connectivity index (χ0v) is 17.5. The highest BCUT2D eigenvalue weighted by Crippen LogP contribution is 2.27. The van der Waals surface area contributed by atoms with Crippen molar-refractivity contribution in [1.29, 1.82) is 0 Å². The van der Waals surface area contributed by atoms with E-state index in [2.05, 4.69) is 5.32 Å². The van der Waals surface area contributed by atoms with Crippen LogP contribution in [0.2, 0.25) is 0 Å². The van der Waals surface area contributed by atoms with Crippen LogP contribution in [-0.4, -0.2) is 38.2 Å². The van der Waals surface area contributed by atoms with Crippen molar-refractivity contribution < 1.29 is 28.6 Å². The van der Waals surface area contributed by atoms with E-state index in [1.807, 2.05) is 43.3 Å². The Labute approximate surface area is 179 Å². The standard InChI is InChI=1S/C24H23NO6/c1-4-20(31-21-11-7-9-15-8-5-6-10-17(15)21)22(26)25-19-14-16(23(27)29-2)12-13-18(19)24(28)30-3/h5-14,20H,4H2,1-3H3,(H,25,26). The summed E-state index contributed by atoms with van der Waals surface area (Å²) in [6.07, 6.45) is -0.433. The number of ether oxygens (including phenoxy) is 3. The molecule has 3 aromatic rings. The number of fused-ring (bicyclic) bond motifs is 1. The minimum absolute atomic E-state index is 0.114. The molecule has 7 nitrogen and oxygen atoms in total. The highest BCUT2D eigenvalue weighted by molar-refractivity contribution is 6.04. The maximum atomic E-state index is 13.0. The van der Waals surface area contributed by atoms with Crippen LogP contribution in [0, 0.1) is 0 Å². The average molecular weight is 421 g/mol. The molecule has 0 heterocycles. The lowest BCUT2D eigenvalue weighted by molar-refractivity contribution is -0.122. The third kappa shape index (κ3) is 4.83. The summed E-state index contributed by atoms with van der Waals surface area (Å²) in [6, 6.07) is 17.5. The molecule has 0 saturated carbocycles. The summed E-state index contributed by atoms with van der Waals surface area (Å²) in [4.78, 5) is 37.0. The predicted octanol–water partition coefficient (Wildman–Crippen LogP) is 4.21. The number of esters is 2. The topological polar surface area (TPSA) is 90.9 Å². The molecule has 1 N–H and O–H groups in total. The Morgan fingerprint density at radius 1 is 0.903 bits per heavy atom. The number of hydrogen-bond donors (Lipinski definition) is 1. The van der Waals surface area contributed by atoms with Gasteiger partial charge < -0.3 is 19.5 Å². The van der Waals surface area contributed by atoms with Crippen molar-refractivity contribution in [2.45, 2.75) is 19.4 Å². The first kappa shape index (κ1) is 21.8. The maximum absolute atomic E-state index is 13.0. The number of carbonyl (C=O) groups excluding carboxylic acids is 3. The molecule has 0 saturated heterocycles. The highest BCUT2D eigenvalue weighted by atomic mass is 16.5. The molecule has 0 spiro atoms. The predicted molar refractivity (Wildman–Crippen MR) is 116 cm³/mol. The Morgan fingerprint density at radius 2 is 1.61 bits per heavy atom. The fourth-order valence-electron chi connectivity index (χ4n) is 3.17. The Balaban J connectivity index is 1.89. The van der Waals surface area contributed by atoms with Gasteiger partial charge in [0.1, 0.15) is 5.75 Å². The van der Waals surface area contributed by atoms with Crippen LogP contribution in [-0.2, 0) is 14.3 Å². The lowest BCUT2D eigenvalue weighted by Crippen LogP contribution is -2.33. The molecule has 0 aliphatic heterocycles. The first-order valence-electron chi connectivity index (χ1n) is 9.74. The second-order valence-corrected chi connectivity index (χ2v) is 6.72. The van der Waals surface area contributed by atoms with Gasteiger partial charge in [-0.05, 0) is 36.1 Å². The molecular formula is C24H23NO6. The van der Waals surface area contributed by atoms with E-state index in [1.165, 1.54) is 32.4 Å². The zero-order valence-electron chi connectivity index (χ0n) is 17.5. The molecule has 0 radical (unpaired) electrons. The van der Waals surface area contributed by atoms with Crippen molar-refractivity contribution in [3.63, 3.8) is 0 Å². The van der Waals surface area contributed by atoms with Crippen LogP contribution < -0.4 is 10.1 Å². The second-order valence-electron chi connectivity index (χ2n) is 6.72. The van der Waals surface area contributed by atoms with Crippen molar-refractivity contribution in [3.8, 4) is 5.75 Å². The van der Waals surface area contributed by atoms with Crippen LogP contribution in [0.3, 0.4) is 0 Å². The van der Waals surface area contributed by atoms with E-state index in [9.17, 15) is 14.4 Å². The fraction of sp³-hybridized carbons (Fsp3) is 0.208. The number of methoxy groups -OCH3 is 2. The summed E-state index contributed by atoms with van der Waals surface area (Å²) in [5.74, 6) is -1.11. The second kappa shape index (κ2) is 9.75. The molecular weight excluding hydrogens is 398 g/mol. The number of hydrogen-bond acceptors (Lipinski definition) is 6. The third-order valence-corrected chi connectivity index (χ3v) is 4.79. The van der Waals surface area contributed by atoms with Gasteiger partial charge in [0.05, 0.1) is 31.0 Å². The van der Waals surface area contributed by atoms with Gasteiger partial charge in [0.25, 0.3) is 5.91 Å². The summed E-state index contributed by atoms with van der Waals surface area (Å²) in [6.45, 7) is 1.82. The van der Waals surface area contributed by atoms with Gasteiger partial charge in [-0.25, -0.2) is 9.59 Å². The van der Waals surface area contributed by atoms with E-state index in [0.29, 0.717) is 12.2 Å². The molecule has 0 aliphatic rings. The van der Waals surface area contributed by atoms with Gasteiger partial charge in [0.2, 0.25) is 0 Å². The number of anilines is 1. The van der Waals surface area contributed by atoms with E-state index in [1.54, 1.807) is 6.07 Å². The molecule has 1 amide bonds. The van der Waals surface area contributed by atoms with Crippen LogP contribution in [0.1, 0.15) is 34.1 Å². The number of benzene rings is 3. The molecule has 0 aliphatic carbocycles. The molecule has 1 unspecified atom stereocenters. The smallest absolute Gasteiger partial charge is 0.339 e. The SMILES string of the molecule is CCC(Oc1cccc2ccccc12)C(=O)Nc1cc(C(=O)OC)ccc1C(=O)OC. The summed E-state index contributed by atoms with van der Waals surface area (Å²) < 4.78 is 15.5. The average Bonchev–Trinajstić information content (AvgIpc) is 2.81. The summed E-state index contributed by atoms with van der Waals surface area (Å²) in [5, 5.41) is 4.57. The van der Waals surface area contributed by atoms with Crippen LogP contribution in [0.25, 0.3) is 10.8 Å². The largest absolute Gasteiger partial charge is 0.480 e. The molecule has 0 fully saturated rings. The van der Waals surface area contributed by atoms with E-state index in [4.69, 9.17) is 14.2 Å². The van der Waals surface area contributed by atoms with Gasteiger partial charge in [-0.1, -0.05) is 43.3 Å². The molecule has 1 atom stereocenters. The Hall–Kier alpha value is -3.87. The first-order valence-corrected chi connectivity index (χ1v) is 9.74. The van der Waals surface area contributed by atoms with Crippen LogP contribution in [0.4, 0.5) is 5.69 Å². The molecule has 3 rings (SSSR count). The number of carbonyl (C=O) groups is 3. The summed E-state index contributed by atoms with van der Waals surface area (Å²) in [5.41, 5.74) is 0.441. The monoisotopic (exact) mass is 421 g/mol. The van der Waals surface area contributed by atoms with Crippen molar-refractivity contribution in [2.75, 3.05) is 19.5 Å². The molecule has 0 bridgehead atoms. The number of rotatable bonds is 7. The van der Waals surface area contributed by atoms with E-state index < -0.39 is 23.9 Å². The van der Waals surface area contributed by atoms with Gasteiger partial charge in [0, 0.05) is 5.39 Å². The van der Waals surface area contributed by atoms with Gasteiger partial charge in [-0.3, -0.25) is 4.79 Å². The Morgan fingerprint density at radius 3 is 2.32 bits per heavy atom. The van der Waals surface area contributed by atoms with Crippen molar-refractivity contribution in [3.05, 3.63) is 71.8 Å². The molecule has 7 heteroatoms. The zero-order chi connectivity index (χ0) is 22.4. The summed E-state index contributed by atoms with van der Waals surface area (Å²) in [7, 11) is 2.49. The third-order valence-electron chi connectivity index (χ3n) is 4.79. The first-order chi connectivity index (χ1) is 15.0. The number of amides is 1. The van der Waals surface area contributed by atoms with Gasteiger partial charge in [-0.2, -0.15) is 0 Å². The van der Waals surface area contributed by atoms with Crippen LogP contribution >= 0.6 is 0 Å². The lowest BCUT2D eigenvalue weighted by atomic mass is 10.1. The summed E-state index contributed by atoms with van der Waals surface area (Å²) >= 11 is 0. The van der Waals surface area contributed by atoms with Gasteiger partial charge in [0.15, 0.2) is 6.10 Å². The van der Waals surface area contributed by atoms with Crippen LogP contribution in [0.15, 0.2) is 60.7 Å². The van der Waals surface area contributed by atoms with Gasteiger partial charge in [-0.15, -0.1) is 0 Å². The van der Waals surface area contributed by atoms with Crippen molar-refractivity contribution in [2.24, 2.45) is 0 Å². The number of nitrogens with one attached hydrogen (secondary N) is 1. The van der Waals surface area contributed by atoms with Crippen molar-refractivity contribution in [1.82, 2.24) is 0 Å². The maximum Gasteiger partial charge on any atom is 0.339 e. The van der Waals surface area contributed by atoms with E-state index >= 15 is 0 Å². The molecule has 31 heavy (non-hydrogen) atoms. The van der Waals surface area contributed by atoms with E-state index in [0.717, 1.165) is 10.8 Å². The highest BCUT2D eigenvalue weighted by Gasteiger charge is 2.23. The fourth-order valence-corrected chi connectivity index (χ4v) is 3.17. The lowest BCUT2D eigenvalue weighted by Gasteiger charge is -2.19. The molecule has 0 aromatic heterocycles. The Kier molecular flexibility index (Phi) is 6.87. The van der Waals surface area contributed by atoms with Crippen molar-refractivity contribution >= 4 is 34.3 Å². The minimum atomic E-state index is -0.821. The van der Waals surface area contributed by atoms with Gasteiger partial charge >= 0.3 is 11.9 Å². The molecule has 3 aromatic carbocycles. The normalized spacial score (nSPS) is 11.5. The Bertz CT molecular complexity index is 1120.